The van der Waals surface area contributed by atoms with Gasteiger partial charge < -0.3 is 16.4 Å². The van der Waals surface area contributed by atoms with E-state index in [0.717, 1.165) is 0 Å². The van der Waals surface area contributed by atoms with E-state index in [2.05, 4.69) is 15.6 Å². The average molecular weight is 394 g/mol. The number of nitrogens with two attached hydrogens (primary N) is 1. The molecular formula is C13H20FIN4O. The molecule has 112 valence electrons. The molecule has 1 aromatic carbocycles. The van der Waals surface area contributed by atoms with Crippen LogP contribution >= 0.6 is 24.0 Å². The molecule has 0 saturated heterocycles. The Hall–Kier alpha value is -1.38. The fourth-order valence-electron chi connectivity index (χ4n) is 1.26. The Morgan fingerprint density at radius 3 is 2.50 bits per heavy atom. The first kappa shape index (κ1) is 18.6. The number of benzene rings is 1. The first-order valence-corrected chi connectivity index (χ1v) is 6.06. The molecule has 0 aliphatic heterocycles. The summed E-state index contributed by atoms with van der Waals surface area (Å²) >= 11 is 0. The van der Waals surface area contributed by atoms with E-state index in [1.165, 1.54) is 24.3 Å². The lowest BCUT2D eigenvalue weighted by Gasteiger charge is -2.08. The van der Waals surface area contributed by atoms with Gasteiger partial charge in [-0.3, -0.25) is 4.79 Å². The molecule has 1 amide bonds. The Morgan fingerprint density at radius 1 is 1.35 bits per heavy atom. The molecular weight excluding hydrogens is 374 g/mol. The van der Waals surface area contributed by atoms with Crippen LogP contribution in [0.15, 0.2) is 29.3 Å². The van der Waals surface area contributed by atoms with Gasteiger partial charge >= 0.3 is 0 Å². The summed E-state index contributed by atoms with van der Waals surface area (Å²) in [5, 5.41) is 5.50. The molecule has 4 N–H and O–H groups in total. The average Bonchev–Trinajstić information content (AvgIpc) is 2.36. The minimum absolute atomic E-state index is 0. The van der Waals surface area contributed by atoms with E-state index in [9.17, 15) is 9.18 Å². The smallest absolute Gasteiger partial charge is 0.246 e. The van der Waals surface area contributed by atoms with Crippen molar-refractivity contribution in [2.45, 2.75) is 13.8 Å². The highest BCUT2D eigenvalue weighted by atomic mass is 127. The molecule has 0 bridgehead atoms. The van der Waals surface area contributed by atoms with Gasteiger partial charge in [-0.05, 0) is 30.2 Å². The molecule has 5 nitrogen and oxygen atoms in total. The third kappa shape index (κ3) is 7.93. The lowest BCUT2D eigenvalue weighted by Crippen LogP contribution is -2.35. The largest absolute Gasteiger partial charge is 0.370 e. The SMILES string of the molecule is CC(C)CNC(N)=NCC(=O)Nc1ccc(F)cc1.I. The van der Waals surface area contributed by atoms with Gasteiger partial charge in [-0.2, -0.15) is 0 Å². The summed E-state index contributed by atoms with van der Waals surface area (Å²) in [4.78, 5) is 15.5. The summed E-state index contributed by atoms with van der Waals surface area (Å²) in [7, 11) is 0. The van der Waals surface area contributed by atoms with Crippen LogP contribution < -0.4 is 16.4 Å². The summed E-state index contributed by atoms with van der Waals surface area (Å²) in [5.74, 6) is 0.0313. The Balaban J connectivity index is 0.00000361. The minimum Gasteiger partial charge on any atom is -0.370 e. The van der Waals surface area contributed by atoms with Gasteiger partial charge in [0.25, 0.3) is 0 Å². The predicted molar refractivity (Wildman–Crippen MR) is 89.8 cm³/mol. The van der Waals surface area contributed by atoms with Gasteiger partial charge in [-0.25, -0.2) is 9.38 Å². The van der Waals surface area contributed by atoms with Crippen LogP contribution in [0.3, 0.4) is 0 Å². The van der Waals surface area contributed by atoms with Gasteiger partial charge in [0.2, 0.25) is 5.91 Å². The maximum Gasteiger partial charge on any atom is 0.246 e. The number of halogens is 2. The zero-order valence-corrected chi connectivity index (χ0v) is 13.9. The maximum atomic E-state index is 12.7. The third-order valence-corrected chi connectivity index (χ3v) is 2.21. The lowest BCUT2D eigenvalue weighted by molar-refractivity contribution is -0.114. The predicted octanol–water partition coefficient (Wildman–Crippen LogP) is 1.94. The van der Waals surface area contributed by atoms with E-state index < -0.39 is 0 Å². The molecule has 1 aromatic rings. The molecule has 0 aromatic heterocycles. The van der Waals surface area contributed by atoms with Crippen LogP contribution in [0.5, 0.6) is 0 Å². The quantitative estimate of drug-likeness (QED) is 0.406. The summed E-state index contributed by atoms with van der Waals surface area (Å²) in [5.41, 5.74) is 6.12. The highest BCUT2D eigenvalue weighted by molar-refractivity contribution is 14.0. The molecule has 20 heavy (non-hydrogen) atoms. The number of carbonyl (C=O) groups excluding carboxylic acids is 1. The van der Waals surface area contributed by atoms with Gasteiger partial charge in [0.1, 0.15) is 12.4 Å². The normalized spacial score (nSPS) is 10.9. The first-order valence-electron chi connectivity index (χ1n) is 6.06. The van der Waals surface area contributed by atoms with Crippen molar-refractivity contribution in [3.8, 4) is 0 Å². The van der Waals surface area contributed by atoms with E-state index in [1.807, 2.05) is 13.8 Å². The van der Waals surface area contributed by atoms with Gasteiger partial charge in [0.15, 0.2) is 5.96 Å². The highest BCUT2D eigenvalue weighted by Gasteiger charge is 2.02. The van der Waals surface area contributed by atoms with Crippen LogP contribution in [-0.2, 0) is 4.79 Å². The highest BCUT2D eigenvalue weighted by Crippen LogP contribution is 2.07. The van der Waals surface area contributed by atoms with Crippen LogP contribution in [0.1, 0.15) is 13.8 Å². The van der Waals surface area contributed by atoms with Gasteiger partial charge in [0, 0.05) is 12.2 Å². The van der Waals surface area contributed by atoms with Crippen molar-refractivity contribution < 1.29 is 9.18 Å². The number of guanidine groups is 1. The molecule has 0 heterocycles. The standard InChI is InChI=1S/C13H19FN4O.HI/c1-9(2)7-16-13(15)17-8-12(19)18-11-5-3-10(14)4-6-11;/h3-6,9H,7-8H2,1-2H3,(H,18,19)(H3,15,16,17);1H. The second-order valence-electron chi connectivity index (χ2n) is 4.53. The Bertz CT molecular complexity index is 448. The Morgan fingerprint density at radius 2 is 1.95 bits per heavy atom. The molecule has 0 spiro atoms. The first-order chi connectivity index (χ1) is 8.97. The fourth-order valence-corrected chi connectivity index (χ4v) is 1.26. The number of hydrogen-bond acceptors (Lipinski definition) is 2. The summed E-state index contributed by atoms with van der Waals surface area (Å²) < 4.78 is 12.7. The number of anilines is 1. The zero-order chi connectivity index (χ0) is 14.3. The van der Waals surface area contributed by atoms with Crippen LogP contribution in [0.2, 0.25) is 0 Å². The Labute approximate surface area is 135 Å². The molecule has 1 rings (SSSR count). The van der Waals surface area contributed by atoms with Crippen molar-refractivity contribution in [3.05, 3.63) is 30.1 Å². The molecule has 0 aliphatic rings. The lowest BCUT2D eigenvalue weighted by atomic mass is 10.2. The number of rotatable bonds is 5. The van der Waals surface area contributed by atoms with Crippen molar-refractivity contribution in [2.75, 3.05) is 18.4 Å². The van der Waals surface area contributed by atoms with E-state index in [0.29, 0.717) is 18.2 Å². The van der Waals surface area contributed by atoms with Crippen LogP contribution in [-0.4, -0.2) is 25.0 Å². The number of carbonyl (C=O) groups is 1. The summed E-state index contributed by atoms with van der Waals surface area (Å²) in [6.07, 6.45) is 0. The maximum absolute atomic E-state index is 12.7. The van der Waals surface area contributed by atoms with Gasteiger partial charge in [-0.1, -0.05) is 13.8 Å². The van der Waals surface area contributed by atoms with Gasteiger partial charge in [-0.15, -0.1) is 24.0 Å². The van der Waals surface area contributed by atoms with Crippen LogP contribution in [0, 0.1) is 11.7 Å². The molecule has 0 atom stereocenters. The molecule has 0 unspecified atom stereocenters. The van der Waals surface area contributed by atoms with E-state index in [4.69, 9.17) is 5.73 Å². The monoisotopic (exact) mass is 394 g/mol. The fraction of sp³-hybridized carbons (Fsp3) is 0.385. The molecule has 7 heteroatoms. The minimum atomic E-state index is -0.349. The van der Waals surface area contributed by atoms with Gasteiger partial charge in [0.05, 0.1) is 0 Å². The van der Waals surface area contributed by atoms with Crippen molar-refractivity contribution in [1.29, 1.82) is 0 Å². The molecule has 0 radical (unpaired) electrons. The van der Waals surface area contributed by atoms with E-state index in [-0.39, 0.29) is 48.2 Å². The molecule has 0 fully saturated rings. The van der Waals surface area contributed by atoms with E-state index >= 15 is 0 Å². The third-order valence-electron chi connectivity index (χ3n) is 2.21. The number of nitrogens with zero attached hydrogens (tertiary/aromatic N) is 1. The van der Waals surface area contributed by atoms with Crippen molar-refractivity contribution in [3.63, 3.8) is 0 Å². The molecule has 0 saturated carbocycles. The van der Waals surface area contributed by atoms with E-state index in [1.54, 1.807) is 0 Å². The summed E-state index contributed by atoms with van der Waals surface area (Å²) in [6.45, 7) is 4.71. The number of aliphatic imine (C=N–C) groups is 1. The summed E-state index contributed by atoms with van der Waals surface area (Å²) in [6, 6.07) is 5.52. The zero-order valence-electron chi connectivity index (χ0n) is 11.5. The topological polar surface area (TPSA) is 79.5 Å². The molecule has 0 aliphatic carbocycles. The van der Waals surface area contributed by atoms with Crippen molar-refractivity contribution in [2.24, 2.45) is 16.6 Å². The van der Waals surface area contributed by atoms with Crippen molar-refractivity contribution in [1.82, 2.24) is 5.32 Å². The second kappa shape index (κ2) is 9.51. The second-order valence-corrected chi connectivity index (χ2v) is 4.53. The van der Waals surface area contributed by atoms with Crippen molar-refractivity contribution >= 4 is 41.5 Å². The van der Waals surface area contributed by atoms with Crippen LogP contribution in [0.25, 0.3) is 0 Å². The number of nitrogens with one attached hydrogen (secondary N) is 2. The number of amides is 1. The Kier molecular flexibility index (Phi) is 8.86. The number of hydrogen-bond donors (Lipinski definition) is 3. The van der Waals surface area contributed by atoms with Crippen LogP contribution in [0.4, 0.5) is 10.1 Å².